The maximum atomic E-state index is 4.51. The third kappa shape index (κ3) is 1.44. The molecule has 7 nitrogen and oxygen atoms in total. The molecule has 0 N–H and O–H groups in total. The summed E-state index contributed by atoms with van der Waals surface area (Å²) in [6.07, 6.45) is 5.02. The van der Waals surface area contributed by atoms with Gasteiger partial charge in [0.2, 0.25) is 5.95 Å². The van der Waals surface area contributed by atoms with E-state index in [0.717, 1.165) is 17.3 Å². The van der Waals surface area contributed by atoms with Gasteiger partial charge in [0, 0.05) is 25.1 Å². The molecule has 0 aliphatic carbocycles. The van der Waals surface area contributed by atoms with Gasteiger partial charge in [0.05, 0.1) is 5.69 Å². The summed E-state index contributed by atoms with van der Waals surface area (Å²) in [7, 11) is 1.96. The maximum absolute atomic E-state index is 4.51. The van der Waals surface area contributed by atoms with E-state index in [-0.39, 0.29) is 0 Å². The Labute approximate surface area is 104 Å². The van der Waals surface area contributed by atoms with Gasteiger partial charge in [-0.15, -0.1) is 0 Å². The monoisotopic (exact) mass is 243 g/mol. The van der Waals surface area contributed by atoms with E-state index >= 15 is 0 Å². The van der Waals surface area contributed by atoms with Gasteiger partial charge < -0.3 is 4.57 Å². The lowest BCUT2D eigenvalue weighted by molar-refractivity contribution is 0.690. The van der Waals surface area contributed by atoms with Gasteiger partial charge in [-0.25, -0.2) is 9.67 Å². The van der Waals surface area contributed by atoms with Crippen molar-refractivity contribution in [1.29, 1.82) is 0 Å². The minimum absolute atomic E-state index is 0.619. The van der Waals surface area contributed by atoms with Crippen LogP contribution in [0.5, 0.6) is 0 Å². The van der Waals surface area contributed by atoms with Gasteiger partial charge in [0.15, 0.2) is 0 Å². The molecule has 0 aliphatic rings. The van der Waals surface area contributed by atoms with Crippen LogP contribution >= 0.6 is 0 Å². The summed E-state index contributed by atoms with van der Waals surface area (Å²) in [5, 5.41) is 8.38. The van der Waals surface area contributed by atoms with Crippen molar-refractivity contribution in [1.82, 2.24) is 34.1 Å². The van der Waals surface area contributed by atoms with Crippen molar-refractivity contribution in [3.8, 4) is 11.9 Å². The number of rotatable bonds is 2. The lowest BCUT2D eigenvalue weighted by Crippen LogP contribution is -2.11. The van der Waals surface area contributed by atoms with E-state index in [1.165, 1.54) is 6.33 Å². The number of aryl methyl sites for hydroxylation is 1. The Morgan fingerprint density at radius 1 is 1.11 bits per heavy atom. The van der Waals surface area contributed by atoms with Crippen molar-refractivity contribution >= 4 is 0 Å². The fraction of sp³-hybridized carbons (Fsp3) is 0.273. The molecule has 0 atom stereocenters. The maximum Gasteiger partial charge on any atom is 0.256 e. The molecule has 0 aromatic carbocycles. The zero-order valence-corrected chi connectivity index (χ0v) is 10.4. The summed E-state index contributed by atoms with van der Waals surface area (Å²) in [5.74, 6) is 1.35. The van der Waals surface area contributed by atoms with Gasteiger partial charge in [0.1, 0.15) is 6.33 Å². The molecule has 0 unspecified atom stereocenters. The molecular formula is C11H13N7. The van der Waals surface area contributed by atoms with Crippen LogP contribution in [-0.2, 0) is 7.05 Å². The van der Waals surface area contributed by atoms with Crippen molar-refractivity contribution in [2.75, 3.05) is 0 Å². The van der Waals surface area contributed by atoms with Crippen LogP contribution in [0.1, 0.15) is 11.4 Å². The molecule has 0 fully saturated rings. The molecule has 0 spiro atoms. The molecule has 0 saturated carbocycles. The van der Waals surface area contributed by atoms with Crippen molar-refractivity contribution in [3.05, 3.63) is 36.2 Å². The lowest BCUT2D eigenvalue weighted by Gasteiger charge is -2.05. The highest BCUT2D eigenvalue weighted by Gasteiger charge is 2.15. The number of nitrogens with zero attached hydrogens (tertiary/aromatic N) is 7. The number of aromatic nitrogens is 7. The second-order valence-electron chi connectivity index (χ2n) is 4.06. The predicted octanol–water partition coefficient (Wildman–Crippen LogP) is 0.803. The summed E-state index contributed by atoms with van der Waals surface area (Å²) in [6, 6.07) is 1.84. The Bertz CT molecular complexity index is 674. The number of imidazole rings is 1. The van der Waals surface area contributed by atoms with Crippen LogP contribution in [0.2, 0.25) is 0 Å². The van der Waals surface area contributed by atoms with Crippen LogP contribution in [0, 0.1) is 13.8 Å². The largest absolute Gasteiger partial charge is 0.316 e. The van der Waals surface area contributed by atoms with Gasteiger partial charge in [-0.1, -0.05) is 0 Å². The third-order valence-corrected chi connectivity index (χ3v) is 3.02. The zero-order valence-electron chi connectivity index (χ0n) is 10.4. The first-order chi connectivity index (χ1) is 8.68. The van der Waals surface area contributed by atoms with Gasteiger partial charge in [0.25, 0.3) is 5.95 Å². The molecule has 3 aromatic rings. The second kappa shape index (κ2) is 3.80. The minimum Gasteiger partial charge on any atom is -0.316 e. The van der Waals surface area contributed by atoms with E-state index in [4.69, 9.17) is 0 Å². The van der Waals surface area contributed by atoms with Crippen molar-refractivity contribution < 1.29 is 0 Å². The quantitative estimate of drug-likeness (QED) is 0.668. The Hall–Kier alpha value is -2.44. The molecule has 0 aliphatic heterocycles. The Balaban J connectivity index is 2.19. The first-order valence-corrected chi connectivity index (χ1v) is 5.59. The summed E-state index contributed by atoms with van der Waals surface area (Å²) >= 11 is 0. The van der Waals surface area contributed by atoms with E-state index in [9.17, 15) is 0 Å². The molecule has 92 valence electrons. The summed E-state index contributed by atoms with van der Waals surface area (Å²) in [4.78, 5) is 8.72. The lowest BCUT2D eigenvalue weighted by atomic mass is 10.4. The molecule has 0 radical (unpaired) electrons. The average Bonchev–Trinajstić information content (AvgIpc) is 3.05. The van der Waals surface area contributed by atoms with Gasteiger partial charge in [-0.3, -0.25) is 0 Å². The number of hydrogen-bond acceptors (Lipinski definition) is 4. The molecule has 7 heteroatoms. The molecule has 3 rings (SSSR count). The molecule has 3 aromatic heterocycles. The third-order valence-electron chi connectivity index (χ3n) is 3.02. The van der Waals surface area contributed by atoms with Gasteiger partial charge >= 0.3 is 0 Å². The first kappa shape index (κ1) is 10.7. The highest BCUT2D eigenvalue weighted by atomic mass is 15.5. The summed E-state index contributed by atoms with van der Waals surface area (Å²) < 4.78 is 5.32. The van der Waals surface area contributed by atoms with Crippen LogP contribution in [0.25, 0.3) is 11.9 Å². The van der Waals surface area contributed by atoms with Crippen LogP contribution in [-0.4, -0.2) is 34.1 Å². The smallest absolute Gasteiger partial charge is 0.256 e. The summed E-state index contributed by atoms with van der Waals surface area (Å²) in [5.41, 5.74) is 2.08. The number of hydrogen-bond donors (Lipinski definition) is 0. The average molecular weight is 243 g/mol. The Morgan fingerprint density at radius 2 is 1.94 bits per heavy atom. The zero-order chi connectivity index (χ0) is 12.7. The van der Waals surface area contributed by atoms with Crippen molar-refractivity contribution in [2.45, 2.75) is 13.8 Å². The fourth-order valence-corrected chi connectivity index (χ4v) is 1.81. The Morgan fingerprint density at radius 3 is 2.56 bits per heavy atom. The van der Waals surface area contributed by atoms with Gasteiger partial charge in [-0.2, -0.15) is 19.9 Å². The minimum atomic E-state index is 0.619. The van der Waals surface area contributed by atoms with Crippen molar-refractivity contribution in [3.63, 3.8) is 0 Å². The topological polar surface area (TPSA) is 66.3 Å². The highest BCUT2D eigenvalue weighted by Crippen LogP contribution is 2.14. The van der Waals surface area contributed by atoms with E-state index in [1.54, 1.807) is 15.6 Å². The molecule has 0 bridgehead atoms. The Kier molecular flexibility index (Phi) is 2.26. The van der Waals surface area contributed by atoms with Crippen LogP contribution < -0.4 is 0 Å². The molecule has 0 saturated heterocycles. The molecular weight excluding hydrogens is 230 g/mol. The second-order valence-corrected chi connectivity index (χ2v) is 4.06. The molecule has 0 amide bonds. The van der Waals surface area contributed by atoms with E-state index in [1.807, 2.05) is 37.7 Å². The van der Waals surface area contributed by atoms with Crippen LogP contribution in [0.3, 0.4) is 0 Å². The van der Waals surface area contributed by atoms with Crippen LogP contribution in [0.15, 0.2) is 24.8 Å². The SMILES string of the molecule is Cc1nc(-n2ncnc2-n2cccn2)n(C)c1C. The van der Waals surface area contributed by atoms with Gasteiger partial charge in [-0.05, 0) is 19.9 Å². The first-order valence-electron chi connectivity index (χ1n) is 5.59. The normalized spacial score (nSPS) is 11.1. The van der Waals surface area contributed by atoms with E-state index < -0.39 is 0 Å². The van der Waals surface area contributed by atoms with Crippen LogP contribution in [0.4, 0.5) is 0 Å². The summed E-state index contributed by atoms with van der Waals surface area (Å²) in [6.45, 7) is 4.00. The van der Waals surface area contributed by atoms with Crippen molar-refractivity contribution in [2.24, 2.45) is 7.05 Å². The molecule has 18 heavy (non-hydrogen) atoms. The van der Waals surface area contributed by atoms with E-state index in [0.29, 0.717) is 5.95 Å². The molecule has 3 heterocycles. The standard InChI is InChI=1S/C11H13N7/c1-8-9(2)16(3)11(15-8)18-10(12-7-14-18)17-6-4-5-13-17/h4-7H,1-3H3. The van der Waals surface area contributed by atoms with E-state index in [2.05, 4.69) is 20.2 Å². The predicted molar refractivity (Wildman–Crippen MR) is 64.7 cm³/mol. The highest BCUT2D eigenvalue weighted by molar-refractivity contribution is 5.27. The fourth-order valence-electron chi connectivity index (χ4n) is 1.81.